The van der Waals surface area contributed by atoms with Crippen molar-refractivity contribution in [2.24, 2.45) is 11.8 Å². The standard InChI is InChI=1S/C13H25N/c1-3-10-7-5-6-8-12(10)14-13-9-11(13)4-2/h10-14H,3-9H2,1-2H3. The van der Waals surface area contributed by atoms with Crippen LogP contribution in [0.15, 0.2) is 0 Å². The van der Waals surface area contributed by atoms with Gasteiger partial charge in [-0.2, -0.15) is 0 Å². The smallest absolute Gasteiger partial charge is 0.0102 e. The van der Waals surface area contributed by atoms with E-state index in [1.165, 1.54) is 44.9 Å². The SMILES string of the molecule is CCC1CCCCC1NC1CC1CC. The second-order valence-corrected chi connectivity index (χ2v) is 5.24. The van der Waals surface area contributed by atoms with Gasteiger partial charge in [0.15, 0.2) is 0 Å². The molecule has 0 heterocycles. The van der Waals surface area contributed by atoms with Crippen LogP contribution in [0.25, 0.3) is 0 Å². The molecule has 1 nitrogen and oxygen atoms in total. The lowest BCUT2D eigenvalue weighted by molar-refractivity contribution is 0.251. The van der Waals surface area contributed by atoms with Crippen LogP contribution < -0.4 is 5.32 Å². The van der Waals surface area contributed by atoms with E-state index in [4.69, 9.17) is 0 Å². The Bertz CT molecular complexity index is 178. The zero-order valence-corrected chi connectivity index (χ0v) is 9.76. The van der Waals surface area contributed by atoms with Crippen molar-refractivity contribution >= 4 is 0 Å². The summed E-state index contributed by atoms with van der Waals surface area (Å²) in [5.74, 6) is 1.98. The van der Waals surface area contributed by atoms with Gasteiger partial charge >= 0.3 is 0 Å². The normalized spacial score (nSPS) is 42.4. The molecule has 0 amide bonds. The Morgan fingerprint density at radius 2 is 1.64 bits per heavy atom. The van der Waals surface area contributed by atoms with Crippen molar-refractivity contribution < 1.29 is 0 Å². The monoisotopic (exact) mass is 195 g/mol. The van der Waals surface area contributed by atoms with Gasteiger partial charge in [0.1, 0.15) is 0 Å². The van der Waals surface area contributed by atoms with E-state index in [0.29, 0.717) is 0 Å². The Balaban J connectivity index is 1.77. The van der Waals surface area contributed by atoms with E-state index in [2.05, 4.69) is 19.2 Å². The van der Waals surface area contributed by atoms with Crippen molar-refractivity contribution in [3.05, 3.63) is 0 Å². The molecular weight excluding hydrogens is 170 g/mol. The van der Waals surface area contributed by atoms with Crippen LogP contribution in [-0.4, -0.2) is 12.1 Å². The molecule has 0 spiro atoms. The number of rotatable bonds is 4. The summed E-state index contributed by atoms with van der Waals surface area (Å²) in [4.78, 5) is 0. The molecule has 0 aromatic rings. The molecule has 82 valence electrons. The minimum Gasteiger partial charge on any atom is -0.311 e. The molecule has 0 radical (unpaired) electrons. The Kier molecular flexibility index (Phi) is 3.48. The van der Waals surface area contributed by atoms with E-state index in [1.807, 2.05) is 0 Å². The largest absolute Gasteiger partial charge is 0.311 e. The topological polar surface area (TPSA) is 12.0 Å². The quantitative estimate of drug-likeness (QED) is 0.725. The van der Waals surface area contributed by atoms with Gasteiger partial charge in [0.2, 0.25) is 0 Å². The van der Waals surface area contributed by atoms with Crippen LogP contribution in [0.2, 0.25) is 0 Å². The zero-order valence-electron chi connectivity index (χ0n) is 9.76. The Labute approximate surface area is 88.7 Å². The van der Waals surface area contributed by atoms with Crippen molar-refractivity contribution in [2.75, 3.05) is 0 Å². The maximum Gasteiger partial charge on any atom is 0.0102 e. The van der Waals surface area contributed by atoms with E-state index in [-0.39, 0.29) is 0 Å². The van der Waals surface area contributed by atoms with Crippen LogP contribution in [0.3, 0.4) is 0 Å². The van der Waals surface area contributed by atoms with E-state index in [0.717, 1.165) is 23.9 Å². The summed E-state index contributed by atoms with van der Waals surface area (Å²) in [6, 6.07) is 1.74. The van der Waals surface area contributed by atoms with Crippen LogP contribution in [0.1, 0.15) is 58.8 Å². The van der Waals surface area contributed by atoms with Crippen LogP contribution in [0.4, 0.5) is 0 Å². The van der Waals surface area contributed by atoms with Gasteiger partial charge in [0.25, 0.3) is 0 Å². The molecule has 0 aliphatic heterocycles. The van der Waals surface area contributed by atoms with Crippen molar-refractivity contribution in [3.8, 4) is 0 Å². The minimum absolute atomic E-state index is 0.857. The third kappa shape index (κ3) is 2.31. The Morgan fingerprint density at radius 1 is 0.929 bits per heavy atom. The van der Waals surface area contributed by atoms with Gasteiger partial charge in [-0.15, -0.1) is 0 Å². The maximum atomic E-state index is 3.89. The molecule has 0 saturated heterocycles. The van der Waals surface area contributed by atoms with E-state index in [9.17, 15) is 0 Å². The lowest BCUT2D eigenvalue weighted by atomic mass is 9.83. The lowest BCUT2D eigenvalue weighted by Gasteiger charge is -2.32. The van der Waals surface area contributed by atoms with Gasteiger partial charge in [0.05, 0.1) is 0 Å². The van der Waals surface area contributed by atoms with Crippen LogP contribution in [0, 0.1) is 11.8 Å². The molecular formula is C13H25N. The molecule has 0 aromatic carbocycles. The highest BCUT2D eigenvalue weighted by Crippen LogP contribution is 2.36. The van der Waals surface area contributed by atoms with Crippen LogP contribution in [-0.2, 0) is 0 Å². The molecule has 0 aromatic heterocycles. The molecule has 2 rings (SSSR count). The summed E-state index contributed by atoms with van der Waals surface area (Å²) in [5, 5.41) is 3.89. The first-order valence-electron chi connectivity index (χ1n) is 6.61. The lowest BCUT2D eigenvalue weighted by Crippen LogP contribution is -2.40. The molecule has 14 heavy (non-hydrogen) atoms. The highest BCUT2D eigenvalue weighted by atomic mass is 15.0. The van der Waals surface area contributed by atoms with Gasteiger partial charge in [0, 0.05) is 12.1 Å². The van der Waals surface area contributed by atoms with E-state index < -0.39 is 0 Å². The minimum atomic E-state index is 0.857. The van der Waals surface area contributed by atoms with Crippen LogP contribution in [0.5, 0.6) is 0 Å². The third-order valence-corrected chi connectivity index (χ3v) is 4.31. The summed E-state index contributed by atoms with van der Waals surface area (Å²) in [6.45, 7) is 4.68. The first kappa shape index (κ1) is 10.5. The Morgan fingerprint density at radius 3 is 2.29 bits per heavy atom. The fourth-order valence-corrected chi connectivity index (χ4v) is 3.09. The van der Waals surface area contributed by atoms with Crippen molar-refractivity contribution in [1.29, 1.82) is 0 Å². The van der Waals surface area contributed by atoms with Crippen molar-refractivity contribution in [1.82, 2.24) is 5.32 Å². The molecule has 0 bridgehead atoms. The number of hydrogen-bond donors (Lipinski definition) is 1. The Hall–Kier alpha value is -0.0400. The maximum absolute atomic E-state index is 3.89. The van der Waals surface area contributed by atoms with Crippen LogP contribution >= 0.6 is 0 Å². The molecule has 2 aliphatic carbocycles. The molecule has 2 aliphatic rings. The van der Waals surface area contributed by atoms with Gasteiger partial charge in [-0.05, 0) is 31.1 Å². The predicted molar refractivity (Wildman–Crippen MR) is 61.4 cm³/mol. The average molecular weight is 195 g/mol. The summed E-state index contributed by atoms with van der Waals surface area (Å²) in [6.07, 6.45) is 10.0. The second-order valence-electron chi connectivity index (χ2n) is 5.24. The molecule has 1 heteroatoms. The molecule has 2 saturated carbocycles. The number of hydrogen-bond acceptors (Lipinski definition) is 1. The average Bonchev–Trinajstić information content (AvgIpc) is 2.97. The predicted octanol–water partition coefficient (Wildman–Crippen LogP) is 3.34. The summed E-state index contributed by atoms with van der Waals surface area (Å²) >= 11 is 0. The van der Waals surface area contributed by atoms with Crippen molar-refractivity contribution in [3.63, 3.8) is 0 Å². The summed E-state index contributed by atoms with van der Waals surface area (Å²) < 4.78 is 0. The zero-order chi connectivity index (χ0) is 9.97. The molecule has 4 unspecified atom stereocenters. The molecule has 2 fully saturated rings. The first-order valence-corrected chi connectivity index (χ1v) is 6.61. The van der Waals surface area contributed by atoms with Gasteiger partial charge < -0.3 is 5.32 Å². The number of nitrogens with one attached hydrogen (secondary N) is 1. The second kappa shape index (κ2) is 4.65. The summed E-state index contributed by atoms with van der Waals surface area (Å²) in [7, 11) is 0. The van der Waals surface area contributed by atoms with E-state index >= 15 is 0 Å². The van der Waals surface area contributed by atoms with Gasteiger partial charge in [-0.3, -0.25) is 0 Å². The van der Waals surface area contributed by atoms with Gasteiger partial charge in [-0.1, -0.05) is 39.5 Å². The summed E-state index contributed by atoms with van der Waals surface area (Å²) in [5.41, 5.74) is 0. The van der Waals surface area contributed by atoms with E-state index in [1.54, 1.807) is 0 Å². The van der Waals surface area contributed by atoms with Gasteiger partial charge in [-0.25, -0.2) is 0 Å². The molecule has 4 atom stereocenters. The molecule has 1 N–H and O–H groups in total. The van der Waals surface area contributed by atoms with Crippen molar-refractivity contribution in [2.45, 2.75) is 70.9 Å². The first-order chi connectivity index (χ1) is 6.85. The highest BCUT2D eigenvalue weighted by molar-refractivity contribution is 4.95. The fraction of sp³-hybridized carbons (Fsp3) is 1.00. The fourth-order valence-electron chi connectivity index (χ4n) is 3.09. The highest BCUT2D eigenvalue weighted by Gasteiger charge is 2.38. The third-order valence-electron chi connectivity index (χ3n) is 4.31.